The molecule has 120 valence electrons. The van der Waals surface area contributed by atoms with Crippen molar-refractivity contribution < 1.29 is 53.6 Å². The van der Waals surface area contributed by atoms with Crippen LogP contribution in [-0.2, 0) is 6.54 Å². The fourth-order valence-electron chi connectivity index (χ4n) is 2.11. The van der Waals surface area contributed by atoms with Gasteiger partial charge in [0.2, 0.25) is 0 Å². The monoisotopic (exact) mass is 343 g/mol. The molecule has 0 aliphatic heterocycles. The summed E-state index contributed by atoms with van der Waals surface area (Å²) < 4.78 is 0. The molecule has 0 aliphatic carbocycles. The van der Waals surface area contributed by atoms with Crippen molar-refractivity contribution in [1.29, 1.82) is 0 Å². The maximum absolute atomic E-state index is 3.94. The summed E-state index contributed by atoms with van der Waals surface area (Å²) in [5.74, 6) is 0. The second-order valence-corrected chi connectivity index (χ2v) is 4.68. The standard InChI is InChI=1S/C14H25N3.3ClH/c15-9-4-5-11-17(12-6-10-16)13-14-7-2-1-3-8-14;;;/h1-3,7-8H,4-6,9-13,15-16H2;3*1H. The minimum atomic E-state index is 0. The Morgan fingerprint density at radius 2 is 1.30 bits per heavy atom. The quantitative estimate of drug-likeness (QED) is 0.373. The second kappa shape index (κ2) is 17.0. The highest BCUT2D eigenvalue weighted by molar-refractivity contribution is 5.13. The minimum absolute atomic E-state index is 0. The Bertz CT molecular complexity index is 286. The normalized spacial score (nSPS) is 10.7. The smallest absolute Gasteiger partial charge is 0.103 e. The number of rotatable bonds is 9. The Balaban J connectivity index is -0.000000963. The lowest BCUT2D eigenvalue weighted by Crippen LogP contribution is -3.10. The molecule has 0 bridgehead atoms. The van der Waals surface area contributed by atoms with E-state index < -0.39 is 0 Å². The van der Waals surface area contributed by atoms with Crippen LogP contribution in [0.15, 0.2) is 30.3 Å². The Hall–Kier alpha value is -0.0300. The van der Waals surface area contributed by atoms with Crippen molar-refractivity contribution in [3.63, 3.8) is 0 Å². The van der Waals surface area contributed by atoms with Gasteiger partial charge in [0, 0.05) is 24.8 Å². The third kappa shape index (κ3) is 11.8. The van der Waals surface area contributed by atoms with Crippen LogP contribution in [0.3, 0.4) is 0 Å². The number of nitrogens with one attached hydrogen (secondary N) is 1. The number of unbranched alkanes of at least 4 members (excludes halogenated alkanes) is 1. The van der Waals surface area contributed by atoms with Crippen molar-refractivity contribution in [1.82, 2.24) is 0 Å². The molecule has 3 nitrogen and oxygen atoms in total. The molecule has 6 heteroatoms. The summed E-state index contributed by atoms with van der Waals surface area (Å²) in [6.45, 7) is 5.78. The van der Waals surface area contributed by atoms with E-state index in [1.54, 1.807) is 4.90 Å². The first-order valence-corrected chi connectivity index (χ1v) is 6.82. The Labute approximate surface area is 141 Å². The molecule has 7 N–H and O–H groups in total. The van der Waals surface area contributed by atoms with Gasteiger partial charge in [-0.25, -0.2) is 0 Å². The van der Waals surface area contributed by atoms with Crippen molar-refractivity contribution in [3.05, 3.63) is 35.9 Å². The molecule has 0 fully saturated rings. The molecule has 0 radical (unpaired) electrons. The zero-order valence-corrected chi connectivity index (χ0v) is 14.4. The molecule has 1 rings (SSSR count). The van der Waals surface area contributed by atoms with Crippen molar-refractivity contribution in [2.24, 2.45) is 0 Å². The van der Waals surface area contributed by atoms with Gasteiger partial charge in [0.25, 0.3) is 0 Å². The van der Waals surface area contributed by atoms with E-state index in [1.165, 1.54) is 37.9 Å². The second-order valence-electron chi connectivity index (χ2n) is 4.68. The molecule has 1 aromatic carbocycles. The molecule has 0 saturated heterocycles. The molecule has 0 aromatic heterocycles. The topological polar surface area (TPSA) is 59.7 Å². The molecule has 0 heterocycles. The molecule has 1 aromatic rings. The van der Waals surface area contributed by atoms with Gasteiger partial charge in [-0.1, -0.05) is 30.3 Å². The lowest BCUT2D eigenvalue weighted by Gasteiger charge is -2.18. The fraction of sp³-hybridized carbons (Fsp3) is 0.571. The summed E-state index contributed by atoms with van der Waals surface area (Å²) in [4.78, 5) is 1.69. The number of quaternary nitrogens is 3. The van der Waals surface area contributed by atoms with E-state index >= 15 is 0 Å². The summed E-state index contributed by atoms with van der Waals surface area (Å²) in [5, 5.41) is 0. The molecular formula is C14H28Cl3N3. The summed E-state index contributed by atoms with van der Waals surface area (Å²) in [6, 6.07) is 10.8. The van der Waals surface area contributed by atoms with Gasteiger partial charge in [-0.15, -0.1) is 0 Å². The van der Waals surface area contributed by atoms with Crippen LogP contribution in [0, 0.1) is 0 Å². The average Bonchev–Trinajstić information content (AvgIpc) is 2.37. The Morgan fingerprint density at radius 1 is 0.750 bits per heavy atom. The molecule has 0 amide bonds. The first-order chi connectivity index (χ1) is 8.36. The third-order valence-corrected chi connectivity index (χ3v) is 3.11. The van der Waals surface area contributed by atoms with Crippen LogP contribution >= 0.6 is 0 Å². The highest BCUT2D eigenvalue weighted by Gasteiger charge is 2.08. The van der Waals surface area contributed by atoms with Crippen molar-refractivity contribution >= 4 is 0 Å². The summed E-state index contributed by atoms with van der Waals surface area (Å²) >= 11 is 0. The highest BCUT2D eigenvalue weighted by Crippen LogP contribution is 1.95. The molecule has 1 unspecified atom stereocenters. The largest absolute Gasteiger partial charge is 1.00 e. The van der Waals surface area contributed by atoms with E-state index in [1.807, 2.05) is 0 Å². The summed E-state index contributed by atoms with van der Waals surface area (Å²) in [7, 11) is 0. The van der Waals surface area contributed by atoms with Crippen molar-refractivity contribution in [2.45, 2.75) is 25.8 Å². The van der Waals surface area contributed by atoms with Gasteiger partial charge in [-0.2, -0.15) is 0 Å². The van der Waals surface area contributed by atoms with Crippen LogP contribution < -0.4 is 53.6 Å². The molecule has 20 heavy (non-hydrogen) atoms. The van der Waals surface area contributed by atoms with Crippen LogP contribution in [0.25, 0.3) is 0 Å². The van der Waals surface area contributed by atoms with E-state index in [2.05, 4.69) is 41.8 Å². The maximum Gasteiger partial charge on any atom is 0.103 e. The van der Waals surface area contributed by atoms with Gasteiger partial charge in [0.05, 0.1) is 26.2 Å². The lowest BCUT2D eigenvalue weighted by atomic mass is 10.2. The zero-order valence-electron chi connectivity index (χ0n) is 12.1. The van der Waals surface area contributed by atoms with Gasteiger partial charge in [-0.05, 0) is 0 Å². The fourth-order valence-corrected chi connectivity index (χ4v) is 2.11. The van der Waals surface area contributed by atoms with Crippen LogP contribution in [0.1, 0.15) is 24.8 Å². The molecular weight excluding hydrogens is 317 g/mol. The average molecular weight is 345 g/mol. The van der Waals surface area contributed by atoms with E-state index in [-0.39, 0.29) is 37.2 Å². The lowest BCUT2D eigenvalue weighted by molar-refractivity contribution is -0.915. The first-order valence-electron chi connectivity index (χ1n) is 6.82. The molecule has 0 aliphatic rings. The third-order valence-electron chi connectivity index (χ3n) is 3.11. The molecule has 0 spiro atoms. The van der Waals surface area contributed by atoms with Crippen LogP contribution in [-0.4, -0.2) is 26.2 Å². The van der Waals surface area contributed by atoms with E-state index in [4.69, 9.17) is 0 Å². The highest BCUT2D eigenvalue weighted by atomic mass is 35.5. The Kier molecular flexibility index (Phi) is 21.2. The van der Waals surface area contributed by atoms with Crippen LogP contribution in [0.5, 0.6) is 0 Å². The van der Waals surface area contributed by atoms with Gasteiger partial charge in [0.15, 0.2) is 0 Å². The van der Waals surface area contributed by atoms with Crippen LogP contribution in [0.4, 0.5) is 0 Å². The number of hydrogen-bond acceptors (Lipinski definition) is 0. The number of halogens is 3. The predicted molar refractivity (Wildman–Crippen MR) is 70.2 cm³/mol. The van der Waals surface area contributed by atoms with Crippen molar-refractivity contribution in [3.8, 4) is 0 Å². The Morgan fingerprint density at radius 3 is 1.85 bits per heavy atom. The SMILES string of the molecule is [Cl-].[Cl-].[Cl-].[NH3+]CCCC[NH+](CCC[NH3+])Cc1ccccc1. The molecule has 1 atom stereocenters. The summed E-state index contributed by atoms with van der Waals surface area (Å²) in [5.41, 5.74) is 9.29. The number of hydrogen-bond donors (Lipinski definition) is 3. The van der Waals surface area contributed by atoms with E-state index in [0.29, 0.717) is 0 Å². The van der Waals surface area contributed by atoms with Gasteiger partial charge >= 0.3 is 0 Å². The predicted octanol–water partition coefficient (Wildman–Crippen LogP) is -10.3. The number of benzene rings is 1. The molecule has 0 saturated carbocycles. The zero-order chi connectivity index (χ0) is 12.3. The van der Waals surface area contributed by atoms with Gasteiger partial charge in [-0.3, -0.25) is 0 Å². The minimum Gasteiger partial charge on any atom is -1.00 e. The van der Waals surface area contributed by atoms with Crippen LogP contribution in [0.2, 0.25) is 0 Å². The summed E-state index contributed by atoms with van der Waals surface area (Å²) in [6.07, 6.45) is 3.78. The maximum atomic E-state index is 3.94. The first kappa shape index (κ1) is 25.0. The van der Waals surface area contributed by atoms with Gasteiger partial charge in [0.1, 0.15) is 6.54 Å². The van der Waals surface area contributed by atoms with Gasteiger partial charge < -0.3 is 53.6 Å². The van der Waals surface area contributed by atoms with Crippen molar-refractivity contribution in [2.75, 3.05) is 26.2 Å². The van der Waals surface area contributed by atoms with E-state index in [9.17, 15) is 0 Å². The van der Waals surface area contributed by atoms with E-state index in [0.717, 1.165) is 19.6 Å².